The molecule has 0 saturated carbocycles. The number of hydrogen-bond acceptors (Lipinski definition) is 1. The molecule has 1 heteroatoms. The zero-order valence-electron chi connectivity index (χ0n) is 33.8. The monoisotopic (exact) mass is 755 g/mol. The van der Waals surface area contributed by atoms with Crippen molar-refractivity contribution >= 4 is 60.2 Å². The first-order valence-corrected chi connectivity index (χ1v) is 21.0. The van der Waals surface area contributed by atoms with Gasteiger partial charge in [-0.05, 0) is 142 Å². The van der Waals surface area contributed by atoms with Gasteiger partial charge in [0.25, 0.3) is 0 Å². The third kappa shape index (κ3) is 5.83. The molecule has 1 aliphatic rings. The maximum absolute atomic E-state index is 2.50. The highest BCUT2D eigenvalue weighted by molar-refractivity contribution is 6.33. The van der Waals surface area contributed by atoms with E-state index in [2.05, 4.69) is 220 Å². The Balaban J connectivity index is 1.27. The molecule has 1 nitrogen and oxygen atoms in total. The first kappa shape index (κ1) is 35.2. The van der Waals surface area contributed by atoms with Crippen LogP contribution in [0, 0.1) is 0 Å². The smallest absolute Gasteiger partial charge is 0.0540 e. The minimum atomic E-state index is 0.0575. The number of hydrogen-bond donors (Lipinski definition) is 0. The van der Waals surface area contributed by atoms with Crippen LogP contribution < -0.4 is 4.90 Å². The van der Waals surface area contributed by atoms with Gasteiger partial charge >= 0.3 is 0 Å². The topological polar surface area (TPSA) is 3.24 Å². The number of benzene rings is 10. The van der Waals surface area contributed by atoms with Gasteiger partial charge in [-0.3, -0.25) is 0 Å². The molecule has 282 valence electrons. The summed E-state index contributed by atoms with van der Waals surface area (Å²) in [7, 11) is 0. The van der Waals surface area contributed by atoms with Gasteiger partial charge in [0.2, 0.25) is 0 Å². The molecule has 0 radical (unpaired) electrons. The summed E-state index contributed by atoms with van der Waals surface area (Å²) in [6, 6.07) is 72.5. The highest BCUT2D eigenvalue weighted by Gasteiger charge is 2.25. The van der Waals surface area contributed by atoms with Gasteiger partial charge in [-0.25, -0.2) is 0 Å². The Morgan fingerprint density at radius 2 is 0.932 bits per heavy atom. The molecule has 0 unspecified atom stereocenters. The Bertz CT molecular complexity index is 3200. The van der Waals surface area contributed by atoms with Crippen molar-refractivity contribution in [2.45, 2.75) is 39.0 Å². The lowest BCUT2D eigenvalue weighted by atomic mass is 9.81. The fourth-order valence-corrected chi connectivity index (χ4v) is 9.84. The Labute approximate surface area is 346 Å². The average Bonchev–Trinajstić information content (AvgIpc) is 3.72. The molecule has 0 saturated heterocycles. The van der Waals surface area contributed by atoms with Crippen molar-refractivity contribution in [2.75, 3.05) is 4.90 Å². The molecule has 0 bridgehead atoms. The average molecular weight is 756 g/mol. The summed E-state index contributed by atoms with van der Waals surface area (Å²) < 4.78 is 0. The second-order valence-electron chi connectivity index (χ2n) is 17.2. The minimum Gasteiger partial charge on any atom is -0.310 e. The Kier molecular flexibility index (Phi) is 8.27. The van der Waals surface area contributed by atoms with Gasteiger partial charge in [-0.2, -0.15) is 0 Å². The van der Waals surface area contributed by atoms with E-state index in [0.29, 0.717) is 0 Å². The summed E-state index contributed by atoms with van der Waals surface area (Å²) in [6.07, 6.45) is 2.20. The van der Waals surface area contributed by atoms with Crippen molar-refractivity contribution in [3.05, 3.63) is 211 Å². The van der Waals surface area contributed by atoms with E-state index in [1.165, 1.54) is 98.8 Å². The Morgan fingerprint density at radius 1 is 0.373 bits per heavy atom. The molecule has 0 heterocycles. The fourth-order valence-electron chi connectivity index (χ4n) is 9.84. The zero-order valence-corrected chi connectivity index (χ0v) is 33.8. The minimum absolute atomic E-state index is 0.0575. The van der Waals surface area contributed by atoms with Crippen LogP contribution in [-0.4, -0.2) is 0 Å². The molecular weight excluding hydrogens is 711 g/mol. The molecule has 11 rings (SSSR count). The molecule has 0 N–H and O–H groups in total. The Hall–Kier alpha value is -6.96. The molecule has 1 aliphatic carbocycles. The lowest BCUT2D eigenvalue weighted by molar-refractivity contribution is 0.590. The van der Waals surface area contributed by atoms with Gasteiger partial charge in [-0.1, -0.05) is 178 Å². The molecule has 0 atom stereocenters. The molecule has 10 aromatic rings. The number of fused-ring (bicyclic) bond motifs is 6. The molecule has 0 fully saturated rings. The van der Waals surface area contributed by atoms with Crippen molar-refractivity contribution in [3.63, 3.8) is 0 Å². The van der Waals surface area contributed by atoms with E-state index in [1.54, 1.807) is 0 Å². The fraction of sp³-hybridized carbons (Fsp3) is 0.103. The van der Waals surface area contributed by atoms with Crippen LogP contribution in [0.5, 0.6) is 0 Å². The third-order valence-electron chi connectivity index (χ3n) is 12.7. The summed E-state index contributed by atoms with van der Waals surface area (Å²) >= 11 is 0. The molecule has 0 spiro atoms. The standard InChI is InChI=1S/C58H45N/c1-58(2,3)43-29-31-44(32-30-43)59(53-35-28-42-27-26-41-22-15-25-49(53)54(41)42)45-33-34-48-52(36-45)46-23-13-14-24-47(46)56-51(39-18-9-5-10-19-39)37-50(38-16-7-4-8-17-38)55(57(48)56)40-20-11-6-12-21-40/h4-25,28-37H,26-27H2,1-3H3. The van der Waals surface area contributed by atoms with Crippen molar-refractivity contribution in [3.8, 4) is 33.4 Å². The van der Waals surface area contributed by atoms with Gasteiger partial charge in [0.15, 0.2) is 0 Å². The van der Waals surface area contributed by atoms with Crippen molar-refractivity contribution in [1.29, 1.82) is 0 Å². The number of aryl methyl sites for hydroxylation is 2. The zero-order chi connectivity index (χ0) is 39.7. The van der Waals surface area contributed by atoms with Crippen LogP contribution in [0.15, 0.2) is 194 Å². The van der Waals surface area contributed by atoms with E-state index < -0.39 is 0 Å². The first-order chi connectivity index (χ1) is 28.9. The summed E-state index contributed by atoms with van der Waals surface area (Å²) in [4.78, 5) is 2.50. The molecule has 0 aliphatic heterocycles. The van der Waals surface area contributed by atoms with E-state index in [-0.39, 0.29) is 5.41 Å². The maximum atomic E-state index is 2.50. The SMILES string of the molecule is CC(C)(C)c1ccc(N(c2ccc3c(c2)c2ccccc2c2c(-c4ccccc4)cc(-c4ccccc4)c(-c4ccccc4)c32)c2ccc3c4c(cccc24)CC3)cc1. The highest BCUT2D eigenvalue weighted by atomic mass is 15.1. The van der Waals surface area contributed by atoms with Crippen molar-refractivity contribution in [1.82, 2.24) is 0 Å². The number of anilines is 3. The highest BCUT2D eigenvalue weighted by Crippen LogP contribution is 2.51. The van der Waals surface area contributed by atoms with Crippen LogP contribution in [0.4, 0.5) is 17.1 Å². The lowest BCUT2D eigenvalue weighted by Crippen LogP contribution is -2.13. The van der Waals surface area contributed by atoms with Gasteiger partial charge < -0.3 is 4.90 Å². The summed E-state index contributed by atoms with van der Waals surface area (Å²) in [6.45, 7) is 6.87. The van der Waals surface area contributed by atoms with Gasteiger partial charge in [0, 0.05) is 16.8 Å². The number of rotatable bonds is 6. The van der Waals surface area contributed by atoms with Crippen LogP contribution in [0.3, 0.4) is 0 Å². The van der Waals surface area contributed by atoms with E-state index in [9.17, 15) is 0 Å². The Morgan fingerprint density at radius 3 is 1.61 bits per heavy atom. The lowest BCUT2D eigenvalue weighted by Gasteiger charge is -2.29. The predicted octanol–water partition coefficient (Wildman–Crippen LogP) is 16.2. The molecule has 59 heavy (non-hydrogen) atoms. The van der Waals surface area contributed by atoms with Crippen LogP contribution >= 0.6 is 0 Å². The van der Waals surface area contributed by atoms with Gasteiger partial charge in [-0.15, -0.1) is 0 Å². The second kappa shape index (κ2) is 13.9. The number of nitrogens with zero attached hydrogens (tertiary/aromatic N) is 1. The van der Waals surface area contributed by atoms with Crippen LogP contribution in [0.1, 0.15) is 37.5 Å². The predicted molar refractivity (Wildman–Crippen MR) is 254 cm³/mol. The summed E-state index contributed by atoms with van der Waals surface area (Å²) in [5.74, 6) is 0. The largest absolute Gasteiger partial charge is 0.310 e. The summed E-state index contributed by atoms with van der Waals surface area (Å²) in [5.41, 5.74) is 15.2. The summed E-state index contributed by atoms with van der Waals surface area (Å²) in [5, 5.41) is 10.3. The van der Waals surface area contributed by atoms with E-state index >= 15 is 0 Å². The molecule has 0 aromatic heterocycles. The second-order valence-corrected chi connectivity index (χ2v) is 17.2. The first-order valence-electron chi connectivity index (χ1n) is 21.0. The van der Waals surface area contributed by atoms with Gasteiger partial charge in [0.05, 0.1) is 5.69 Å². The van der Waals surface area contributed by atoms with Crippen molar-refractivity contribution in [2.24, 2.45) is 0 Å². The quantitative estimate of drug-likeness (QED) is 0.153. The van der Waals surface area contributed by atoms with Crippen LogP contribution in [-0.2, 0) is 18.3 Å². The van der Waals surface area contributed by atoms with E-state index in [4.69, 9.17) is 0 Å². The molecule has 0 amide bonds. The van der Waals surface area contributed by atoms with Crippen LogP contribution in [0.2, 0.25) is 0 Å². The molecule has 10 aromatic carbocycles. The normalized spacial score (nSPS) is 12.5. The van der Waals surface area contributed by atoms with Crippen LogP contribution in [0.25, 0.3) is 76.5 Å². The maximum Gasteiger partial charge on any atom is 0.0540 e. The third-order valence-corrected chi connectivity index (χ3v) is 12.7. The van der Waals surface area contributed by atoms with E-state index in [0.717, 1.165) is 24.2 Å². The molecular formula is C58H45N. The van der Waals surface area contributed by atoms with E-state index in [1.807, 2.05) is 0 Å². The van der Waals surface area contributed by atoms with Crippen molar-refractivity contribution < 1.29 is 0 Å². The van der Waals surface area contributed by atoms with Gasteiger partial charge in [0.1, 0.15) is 0 Å².